The monoisotopic (exact) mass is 342 g/mol. The lowest BCUT2D eigenvalue weighted by Gasteiger charge is -2.21. The van der Waals surface area contributed by atoms with Gasteiger partial charge < -0.3 is 15.3 Å². The zero-order chi connectivity index (χ0) is 17.8. The van der Waals surface area contributed by atoms with Gasteiger partial charge in [-0.3, -0.25) is 4.68 Å². The van der Waals surface area contributed by atoms with Crippen LogP contribution < -0.4 is 10.2 Å². The second-order valence-corrected chi connectivity index (χ2v) is 6.99. The molecule has 0 saturated carbocycles. The molecule has 1 aliphatic heterocycles. The highest BCUT2D eigenvalue weighted by atomic mass is 16.3. The Morgan fingerprint density at radius 2 is 2.00 bits per heavy atom. The number of aryl methyl sites for hydroxylation is 1. The molecule has 2 aromatic rings. The fourth-order valence-corrected chi connectivity index (χ4v) is 3.64. The van der Waals surface area contributed by atoms with Crippen molar-refractivity contribution in [2.75, 3.05) is 24.6 Å². The third-order valence-electron chi connectivity index (χ3n) is 5.27. The van der Waals surface area contributed by atoms with Gasteiger partial charge in [0.25, 0.3) is 0 Å². The fourth-order valence-electron chi connectivity index (χ4n) is 3.64. The number of hydrogen-bond donors (Lipinski definition) is 2. The normalized spacial score (nSPS) is 15.8. The smallest absolute Gasteiger partial charge is 0.0644 e. The van der Waals surface area contributed by atoms with E-state index in [-0.39, 0.29) is 12.6 Å². The number of hydrogen-bond acceptors (Lipinski definition) is 4. The lowest BCUT2D eigenvalue weighted by molar-refractivity contribution is 0.267. The molecule has 0 spiro atoms. The van der Waals surface area contributed by atoms with E-state index >= 15 is 0 Å². The first-order valence-corrected chi connectivity index (χ1v) is 9.32. The van der Waals surface area contributed by atoms with E-state index in [9.17, 15) is 0 Å². The Hall–Kier alpha value is -1.85. The van der Waals surface area contributed by atoms with Gasteiger partial charge in [-0.25, -0.2) is 0 Å². The molecule has 0 bridgehead atoms. The molecule has 5 heteroatoms. The van der Waals surface area contributed by atoms with Crippen molar-refractivity contribution >= 4 is 5.69 Å². The van der Waals surface area contributed by atoms with E-state index in [1.165, 1.54) is 42.7 Å². The van der Waals surface area contributed by atoms with Gasteiger partial charge in [-0.15, -0.1) is 0 Å². The zero-order valence-corrected chi connectivity index (χ0v) is 15.6. The summed E-state index contributed by atoms with van der Waals surface area (Å²) in [6.45, 7) is 10.1. The van der Waals surface area contributed by atoms with Crippen LogP contribution in [0.15, 0.2) is 24.3 Å². The van der Waals surface area contributed by atoms with Gasteiger partial charge in [-0.2, -0.15) is 5.10 Å². The maximum atomic E-state index is 9.15. The second kappa shape index (κ2) is 8.02. The summed E-state index contributed by atoms with van der Waals surface area (Å²) in [7, 11) is 0. The molecular weight excluding hydrogens is 312 g/mol. The van der Waals surface area contributed by atoms with Crippen LogP contribution >= 0.6 is 0 Å². The number of aliphatic hydroxyl groups is 1. The molecule has 1 fully saturated rings. The summed E-state index contributed by atoms with van der Waals surface area (Å²) in [5.41, 5.74) is 6.07. The lowest BCUT2D eigenvalue weighted by Crippen LogP contribution is -2.21. The zero-order valence-electron chi connectivity index (χ0n) is 15.6. The van der Waals surface area contributed by atoms with Crippen LogP contribution in [0, 0.1) is 13.8 Å². The van der Waals surface area contributed by atoms with Crippen LogP contribution in [0.5, 0.6) is 0 Å². The van der Waals surface area contributed by atoms with Crippen LogP contribution in [0.2, 0.25) is 0 Å². The number of anilines is 1. The molecule has 1 unspecified atom stereocenters. The van der Waals surface area contributed by atoms with Gasteiger partial charge in [-0.1, -0.05) is 12.1 Å². The summed E-state index contributed by atoms with van der Waals surface area (Å²) in [5, 5.41) is 17.3. The molecule has 2 N–H and O–H groups in total. The third-order valence-corrected chi connectivity index (χ3v) is 5.27. The van der Waals surface area contributed by atoms with Crippen LogP contribution in [-0.2, 0) is 13.1 Å². The highest BCUT2D eigenvalue weighted by Gasteiger charge is 2.15. The Labute approximate surface area is 150 Å². The van der Waals surface area contributed by atoms with E-state index in [1.807, 2.05) is 11.6 Å². The molecule has 1 aliphatic rings. The van der Waals surface area contributed by atoms with Crippen LogP contribution in [0.1, 0.15) is 48.3 Å². The number of nitrogens with zero attached hydrogens (tertiary/aromatic N) is 3. The lowest BCUT2D eigenvalue weighted by atomic mass is 10.1. The van der Waals surface area contributed by atoms with Gasteiger partial charge in [-0.05, 0) is 51.3 Å². The summed E-state index contributed by atoms with van der Waals surface area (Å²) in [6.07, 6.45) is 2.60. The van der Waals surface area contributed by atoms with Crippen LogP contribution in [0.25, 0.3) is 0 Å². The topological polar surface area (TPSA) is 53.3 Å². The Kier molecular flexibility index (Phi) is 5.76. The Morgan fingerprint density at radius 3 is 2.72 bits per heavy atom. The van der Waals surface area contributed by atoms with E-state index in [0.29, 0.717) is 6.54 Å². The molecule has 3 rings (SSSR count). The molecule has 136 valence electrons. The molecule has 25 heavy (non-hydrogen) atoms. The minimum Gasteiger partial charge on any atom is -0.394 e. The number of nitrogens with one attached hydrogen (secondary N) is 1. The number of aliphatic hydroxyl groups excluding tert-OH is 1. The molecule has 2 heterocycles. The molecule has 0 radical (unpaired) electrons. The van der Waals surface area contributed by atoms with Crippen LogP contribution in [0.3, 0.4) is 0 Å². The Balaban J connectivity index is 1.67. The summed E-state index contributed by atoms with van der Waals surface area (Å²) >= 11 is 0. The quantitative estimate of drug-likeness (QED) is 0.812. The Bertz CT molecular complexity index is 704. The molecular formula is C20H30N4O. The molecule has 1 aromatic carbocycles. The fraction of sp³-hybridized carbons (Fsp3) is 0.550. The standard InChI is InChI=1S/C20H30N4O/c1-15(18-7-6-8-19(13-18)23-9-4-5-10-23)21-14-20-16(2)22-24(11-12-25)17(20)3/h6-8,13,15,21,25H,4-5,9-12,14H2,1-3H3. The van der Waals surface area contributed by atoms with Crippen molar-refractivity contribution in [2.45, 2.75) is 52.7 Å². The van der Waals surface area contributed by atoms with Gasteiger partial charge in [0, 0.05) is 42.6 Å². The van der Waals surface area contributed by atoms with Crippen molar-refractivity contribution in [3.8, 4) is 0 Å². The molecule has 1 atom stereocenters. The molecule has 0 amide bonds. The van der Waals surface area contributed by atoms with Crippen molar-refractivity contribution in [1.82, 2.24) is 15.1 Å². The molecule has 1 aromatic heterocycles. The van der Waals surface area contributed by atoms with Crippen molar-refractivity contribution in [1.29, 1.82) is 0 Å². The first-order valence-electron chi connectivity index (χ1n) is 9.32. The maximum absolute atomic E-state index is 9.15. The molecule has 0 aliphatic carbocycles. The SMILES string of the molecule is Cc1nn(CCO)c(C)c1CNC(C)c1cccc(N2CCCC2)c1. The average Bonchev–Trinajstić information content (AvgIpc) is 3.23. The van der Waals surface area contributed by atoms with Crippen molar-refractivity contribution in [3.05, 3.63) is 46.8 Å². The van der Waals surface area contributed by atoms with Crippen LogP contribution in [0.4, 0.5) is 5.69 Å². The van der Waals surface area contributed by atoms with E-state index < -0.39 is 0 Å². The summed E-state index contributed by atoms with van der Waals surface area (Å²) in [5.74, 6) is 0. The minimum absolute atomic E-state index is 0.120. The van der Waals surface area contributed by atoms with Gasteiger partial charge >= 0.3 is 0 Å². The van der Waals surface area contributed by atoms with Crippen molar-refractivity contribution in [2.24, 2.45) is 0 Å². The second-order valence-electron chi connectivity index (χ2n) is 6.99. The largest absolute Gasteiger partial charge is 0.394 e. The van der Waals surface area contributed by atoms with Crippen molar-refractivity contribution < 1.29 is 5.11 Å². The van der Waals surface area contributed by atoms with E-state index in [1.54, 1.807) is 0 Å². The first-order chi connectivity index (χ1) is 12.1. The predicted octanol–water partition coefficient (Wildman–Crippen LogP) is 2.94. The summed E-state index contributed by atoms with van der Waals surface area (Å²) in [4.78, 5) is 2.48. The predicted molar refractivity (Wildman–Crippen MR) is 102 cm³/mol. The molecule has 1 saturated heterocycles. The first kappa shape index (κ1) is 18.0. The van der Waals surface area contributed by atoms with E-state index in [4.69, 9.17) is 5.11 Å². The highest BCUT2D eigenvalue weighted by Crippen LogP contribution is 2.24. The number of benzene rings is 1. The minimum atomic E-state index is 0.120. The Morgan fingerprint density at radius 1 is 1.24 bits per heavy atom. The van der Waals surface area contributed by atoms with Gasteiger partial charge in [0.15, 0.2) is 0 Å². The third kappa shape index (κ3) is 4.05. The maximum Gasteiger partial charge on any atom is 0.0644 e. The van der Waals surface area contributed by atoms with Gasteiger partial charge in [0.2, 0.25) is 0 Å². The number of rotatable bonds is 7. The molecule has 5 nitrogen and oxygen atoms in total. The van der Waals surface area contributed by atoms with Gasteiger partial charge in [0.1, 0.15) is 0 Å². The van der Waals surface area contributed by atoms with Gasteiger partial charge in [0.05, 0.1) is 18.8 Å². The van der Waals surface area contributed by atoms with E-state index in [2.05, 4.69) is 53.4 Å². The van der Waals surface area contributed by atoms with Crippen molar-refractivity contribution in [3.63, 3.8) is 0 Å². The number of aromatic nitrogens is 2. The van der Waals surface area contributed by atoms with E-state index in [0.717, 1.165) is 17.9 Å². The van der Waals surface area contributed by atoms with Crippen LogP contribution in [-0.4, -0.2) is 34.6 Å². The average molecular weight is 342 g/mol. The summed E-state index contributed by atoms with van der Waals surface area (Å²) in [6, 6.07) is 9.18. The highest BCUT2D eigenvalue weighted by molar-refractivity contribution is 5.49. The summed E-state index contributed by atoms with van der Waals surface area (Å²) < 4.78 is 1.89.